The zero-order valence-electron chi connectivity index (χ0n) is 15.3. The molecule has 7 nitrogen and oxygen atoms in total. The van der Waals surface area contributed by atoms with Crippen LogP contribution in [0.3, 0.4) is 0 Å². The molecule has 0 spiro atoms. The summed E-state index contributed by atoms with van der Waals surface area (Å²) >= 11 is 0. The maximum absolute atomic E-state index is 13.6. The Labute approximate surface area is 161 Å². The number of amides is 3. The van der Waals surface area contributed by atoms with Gasteiger partial charge in [0.1, 0.15) is 11.6 Å². The van der Waals surface area contributed by atoms with E-state index in [1.807, 2.05) is 0 Å². The Bertz CT molecular complexity index is 916. The third-order valence-corrected chi connectivity index (χ3v) is 4.36. The Morgan fingerprint density at radius 3 is 2.68 bits per heavy atom. The topological polar surface area (TPSA) is 87.7 Å². The van der Waals surface area contributed by atoms with E-state index in [1.165, 1.54) is 31.4 Å². The van der Waals surface area contributed by atoms with Crippen LogP contribution in [0.15, 0.2) is 42.5 Å². The lowest BCUT2D eigenvalue weighted by Gasteiger charge is -2.19. The van der Waals surface area contributed by atoms with E-state index in [0.29, 0.717) is 30.1 Å². The third-order valence-electron chi connectivity index (χ3n) is 4.36. The lowest BCUT2D eigenvalue weighted by Crippen LogP contribution is -2.33. The Balaban J connectivity index is 1.62. The first kappa shape index (κ1) is 19.3. The molecule has 1 aliphatic heterocycles. The van der Waals surface area contributed by atoms with Crippen molar-refractivity contribution in [1.82, 2.24) is 5.32 Å². The van der Waals surface area contributed by atoms with Gasteiger partial charge in [-0.25, -0.2) is 4.39 Å². The van der Waals surface area contributed by atoms with Crippen molar-refractivity contribution in [3.05, 3.63) is 53.8 Å². The van der Waals surface area contributed by atoms with Crippen LogP contribution in [0.2, 0.25) is 0 Å². The van der Waals surface area contributed by atoms with E-state index in [4.69, 9.17) is 4.74 Å². The highest BCUT2D eigenvalue weighted by Gasteiger charge is 2.24. The number of anilines is 2. The minimum atomic E-state index is -0.672. The van der Waals surface area contributed by atoms with Crippen LogP contribution >= 0.6 is 0 Å². The van der Waals surface area contributed by atoms with Crippen LogP contribution in [-0.2, 0) is 9.59 Å². The number of carbonyl (C=O) groups excluding carboxylic acids is 3. The van der Waals surface area contributed by atoms with E-state index < -0.39 is 17.6 Å². The van der Waals surface area contributed by atoms with Crippen molar-refractivity contribution in [1.29, 1.82) is 0 Å². The molecule has 2 N–H and O–H groups in total. The minimum absolute atomic E-state index is 0.0333. The summed E-state index contributed by atoms with van der Waals surface area (Å²) in [7, 11) is 1.49. The molecule has 1 fully saturated rings. The van der Waals surface area contributed by atoms with Crippen molar-refractivity contribution in [3.8, 4) is 5.75 Å². The maximum atomic E-state index is 13.6. The number of ether oxygens (including phenoxy) is 1. The Hall–Kier alpha value is -3.42. The van der Waals surface area contributed by atoms with E-state index in [1.54, 1.807) is 23.1 Å². The predicted molar refractivity (Wildman–Crippen MR) is 102 cm³/mol. The second-order valence-electron chi connectivity index (χ2n) is 6.25. The molecule has 28 heavy (non-hydrogen) atoms. The predicted octanol–water partition coefficient (Wildman–Crippen LogP) is 2.33. The first-order chi connectivity index (χ1) is 13.5. The van der Waals surface area contributed by atoms with Gasteiger partial charge in [-0.1, -0.05) is 12.1 Å². The lowest BCUT2D eigenvalue weighted by atomic mass is 10.2. The van der Waals surface area contributed by atoms with Gasteiger partial charge in [0.25, 0.3) is 5.91 Å². The zero-order valence-corrected chi connectivity index (χ0v) is 15.3. The van der Waals surface area contributed by atoms with Crippen LogP contribution in [0, 0.1) is 5.82 Å². The number of hydrogen-bond acceptors (Lipinski definition) is 4. The second kappa shape index (κ2) is 8.51. The van der Waals surface area contributed by atoms with E-state index in [9.17, 15) is 18.8 Å². The number of hydrogen-bond donors (Lipinski definition) is 2. The molecule has 146 valence electrons. The number of halogens is 1. The standard InChI is InChI=1S/C20H20FN3O4/c1-28-17-11-13(8-9-16(17)24-10-4-7-19(24)26)23-18(25)12-22-20(27)14-5-2-3-6-15(14)21/h2-3,5-6,8-9,11H,4,7,10,12H2,1H3,(H,22,27)(H,23,25). The SMILES string of the molecule is COc1cc(NC(=O)CNC(=O)c2ccccc2F)ccc1N1CCCC1=O. The Morgan fingerprint density at radius 1 is 1.21 bits per heavy atom. The number of nitrogens with zero attached hydrogens (tertiary/aromatic N) is 1. The highest BCUT2D eigenvalue weighted by molar-refractivity contribution is 6.00. The summed E-state index contributed by atoms with van der Waals surface area (Å²) in [4.78, 5) is 37.6. The van der Waals surface area contributed by atoms with Gasteiger partial charge in [0.2, 0.25) is 11.8 Å². The van der Waals surface area contributed by atoms with Gasteiger partial charge < -0.3 is 20.3 Å². The largest absolute Gasteiger partial charge is 0.494 e. The van der Waals surface area contributed by atoms with Crippen LogP contribution in [0.5, 0.6) is 5.75 Å². The van der Waals surface area contributed by atoms with Crippen LogP contribution in [-0.4, -0.2) is 37.9 Å². The fourth-order valence-electron chi connectivity index (χ4n) is 2.99. The summed E-state index contributed by atoms with van der Waals surface area (Å²) in [5.74, 6) is -1.31. The highest BCUT2D eigenvalue weighted by atomic mass is 19.1. The van der Waals surface area contributed by atoms with Crippen molar-refractivity contribution < 1.29 is 23.5 Å². The molecule has 3 rings (SSSR count). The molecule has 0 radical (unpaired) electrons. The number of carbonyl (C=O) groups is 3. The van der Waals surface area contributed by atoms with Crippen molar-refractivity contribution in [3.63, 3.8) is 0 Å². The van der Waals surface area contributed by atoms with Gasteiger partial charge in [-0.05, 0) is 30.7 Å². The van der Waals surface area contributed by atoms with Gasteiger partial charge in [0.05, 0.1) is 24.9 Å². The molecule has 1 saturated heterocycles. The first-order valence-corrected chi connectivity index (χ1v) is 8.80. The summed E-state index contributed by atoms with van der Waals surface area (Å²) in [6, 6.07) is 10.5. The quantitative estimate of drug-likeness (QED) is 0.799. The zero-order chi connectivity index (χ0) is 20.1. The fraction of sp³-hybridized carbons (Fsp3) is 0.250. The van der Waals surface area contributed by atoms with E-state index in [-0.39, 0.29) is 18.0 Å². The van der Waals surface area contributed by atoms with Crippen LogP contribution in [0.25, 0.3) is 0 Å². The van der Waals surface area contributed by atoms with Crippen molar-refractivity contribution in [2.24, 2.45) is 0 Å². The van der Waals surface area contributed by atoms with Gasteiger partial charge in [-0.2, -0.15) is 0 Å². The molecular formula is C20H20FN3O4. The molecule has 0 aliphatic carbocycles. The Morgan fingerprint density at radius 2 is 2.00 bits per heavy atom. The third kappa shape index (κ3) is 4.28. The Kier molecular flexibility index (Phi) is 5.88. The number of methoxy groups -OCH3 is 1. The molecule has 0 saturated carbocycles. The molecule has 0 bridgehead atoms. The molecule has 0 aromatic heterocycles. The lowest BCUT2D eigenvalue weighted by molar-refractivity contribution is -0.117. The monoisotopic (exact) mass is 385 g/mol. The molecule has 0 unspecified atom stereocenters. The summed E-state index contributed by atoms with van der Waals surface area (Å²) in [5.41, 5.74) is 0.977. The van der Waals surface area contributed by atoms with E-state index in [0.717, 1.165) is 6.42 Å². The molecule has 1 heterocycles. The molecule has 0 atom stereocenters. The second-order valence-corrected chi connectivity index (χ2v) is 6.25. The van der Waals surface area contributed by atoms with Gasteiger partial charge in [-0.3, -0.25) is 14.4 Å². The number of benzene rings is 2. The fourth-order valence-corrected chi connectivity index (χ4v) is 2.99. The minimum Gasteiger partial charge on any atom is -0.494 e. The summed E-state index contributed by atoms with van der Waals surface area (Å²) < 4.78 is 18.9. The normalized spacial score (nSPS) is 13.4. The van der Waals surface area contributed by atoms with Gasteiger partial charge >= 0.3 is 0 Å². The van der Waals surface area contributed by atoms with Crippen LogP contribution in [0.1, 0.15) is 23.2 Å². The summed E-state index contributed by atoms with van der Waals surface area (Å²) in [6.45, 7) is 0.310. The van der Waals surface area contributed by atoms with E-state index in [2.05, 4.69) is 10.6 Å². The van der Waals surface area contributed by atoms with Crippen molar-refractivity contribution in [2.45, 2.75) is 12.8 Å². The van der Waals surface area contributed by atoms with E-state index >= 15 is 0 Å². The van der Waals surface area contributed by atoms with Crippen LogP contribution in [0.4, 0.5) is 15.8 Å². The maximum Gasteiger partial charge on any atom is 0.254 e. The average Bonchev–Trinajstić information content (AvgIpc) is 3.12. The van der Waals surface area contributed by atoms with Gasteiger partial charge in [-0.15, -0.1) is 0 Å². The molecular weight excluding hydrogens is 365 g/mol. The number of nitrogens with one attached hydrogen (secondary N) is 2. The molecule has 2 aromatic carbocycles. The average molecular weight is 385 g/mol. The molecule has 1 aliphatic rings. The molecule has 2 aromatic rings. The highest BCUT2D eigenvalue weighted by Crippen LogP contribution is 2.33. The van der Waals surface area contributed by atoms with Crippen molar-refractivity contribution >= 4 is 29.1 Å². The van der Waals surface area contributed by atoms with Gasteiger partial charge in [0.15, 0.2) is 0 Å². The summed E-state index contributed by atoms with van der Waals surface area (Å²) in [5, 5.41) is 5.01. The van der Waals surface area contributed by atoms with Gasteiger partial charge in [0, 0.05) is 24.7 Å². The smallest absolute Gasteiger partial charge is 0.254 e. The van der Waals surface area contributed by atoms with Crippen LogP contribution < -0.4 is 20.3 Å². The molecule has 3 amide bonds. The first-order valence-electron chi connectivity index (χ1n) is 8.80. The summed E-state index contributed by atoms with van der Waals surface area (Å²) in [6.07, 6.45) is 1.30. The number of rotatable bonds is 6. The van der Waals surface area contributed by atoms with Crippen molar-refractivity contribution in [2.75, 3.05) is 30.4 Å². The molecule has 8 heteroatoms.